The third kappa shape index (κ3) is 3.77. The van der Waals surface area contributed by atoms with Crippen LogP contribution < -0.4 is 0 Å². The lowest BCUT2D eigenvalue weighted by Crippen LogP contribution is -2.06. The molecule has 2 rings (SSSR count). The molecule has 116 valence electrons. The average Bonchev–Trinajstić information content (AvgIpc) is 2.74. The van der Waals surface area contributed by atoms with E-state index in [2.05, 4.69) is 4.98 Å². The number of halogens is 4. The predicted molar refractivity (Wildman–Crippen MR) is 77.8 cm³/mol. The highest BCUT2D eigenvalue weighted by Gasteiger charge is 2.31. The molecule has 0 saturated heterocycles. The number of nitrogens with zero attached hydrogens (tertiary/aromatic N) is 2. The normalized spacial score (nSPS) is 13.8. The molecular formula is C13H14ClF3N2OS. The van der Waals surface area contributed by atoms with Gasteiger partial charge in [0.05, 0.1) is 22.5 Å². The van der Waals surface area contributed by atoms with Crippen LogP contribution in [0.3, 0.4) is 0 Å². The average molecular weight is 339 g/mol. The molecule has 1 unspecified atom stereocenters. The summed E-state index contributed by atoms with van der Waals surface area (Å²) in [7, 11) is -0.900. The van der Waals surface area contributed by atoms with Crippen LogP contribution >= 0.6 is 11.6 Å². The fraction of sp³-hybridized carbons (Fsp3) is 0.462. The Balaban J connectivity index is 2.38. The Hall–Kier alpha value is -1.08. The van der Waals surface area contributed by atoms with Gasteiger partial charge in [-0.15, -0.1) is 11.6 Å². The highest BCUT2D eigenvalue weighted by Crippen LogP contribution is 2.31. The fourth-order valence-corrected chi connectivity index (χ4v) is 2.87. The second-order valence-corrected chi connectivity index (χ2v) is 6.47. The largest absolute Gasteiger partial charge is 0.416 e. The number of rotatable bonds is 5. The number of hydrogen-bond acceptors (Lipinski definition) is 2. The van der Waals surface area contributed by atoms with E-state index in [4.69, 9.17) is 11.6 Å². The van der Waals surface area contributed by atoms with Gasteiger partial charge in [0.25, 0.3) is 0 Å². The smallest absolute Gasteiger partial charge is 0.327 e. The minimum atomic E-state index is -4.39. The van der Waals surface area contributed by atoms with E-state index < -0.39 is 22.5 Å². The molecule has 0 amide bonds. The predicted octanol–water partition coefficient (Wildman–Crippen LogP) is 3.56. The van der Waals surface area contributed by atoms with Crippen molar-refractivity contribution in [3.63, 3.8) is 0 Å². The first-order chi connectivity index (χ1) is 9.82. The number of benzene rings is 1. The number of imidazole rings is 1. The zero-order valence-corrected chi connectivity index (χ0v) is 12.9. The first-order valence-corrected chi connectivity index (χ1v) is 8.51. The van der Waals surface area contributed by atoms with Crippen molar-refractivity contribution in [3.05, 3.63) is 29.6 Å². The molecule has 0 bridgehead atoms. The number of alkyl halides is 4. The van der Waals surface area contributed by atoms with Crippen LogP contribution in [0.5, 0.6) is 0 Å². The molecule has 0 N–H and O–H groups in total. The van der Waals surface area contributed by atoms with Crippen LogP contribution in [0.25, 0.3) is 11.0 Å². The maximum Gasteiger partial charge on any atom is 0.416 e. The molecule has 0 saturated carbocycles. The first kappa shape index (κ1) is 16.3. The van der Waals surface area contributed by atoms with Crippen LogP contribution in [0.1, 0.15) is 17.8 Å². The number of fused-ring (bicyclic) bond motifs is 1. The zero-order chi connectivity index (χ0) is 15.6. The van der Waals surface area contributed by atoms with Crippen LogP contribution in [0, 0.1) is 0 Å². The second-order valence-electron chi connectivity index (χ2n) is 4.65. The van der Waals surface area contributed by atoms with Crippen LogP contribution in [0.4, 0.5) is 13.2 Å². The van der Waals surface area contributed by atoms with Crippen molar-refractivity contribution in [1.29, 1.82) is 0 Å². The van der Waals surface area contributed by atoms with Gasteiger partial charge in [0, 0.05) is 29.4 Å². The van der Waals surface area contributed by atoms with Gasteiger partial charge in [-0.2, -0.15) is 13.2 Å². The maximum atomic E-state index is 12.7. The van der Waals surface area contributed by atoms with Crippen molar-refractivity contribution in [2.24, 2.45) is 0 Å². The summed E-state index contributed by atoms with van der Waals surface area (Å²) in [6.45, 7) is 0.531. The maximum absolute atomic E-state index is 12.7. The number of hydrogen-bond donors (Lipinski definition) is 0. The van der Waals surface area contributed by atoms with Gasteiger partial charge < -0.3 is 4.57 Å². The molecule has 1 aromatic carbocycles. The molecule has 0 aliphatic rings. The minimum absolute atomic E-state index is 0.116. The van der Waals surface area contributed by atoms with Gasteiger partial charge in [-0.05, 0) is 24.6 Å². The van der Waals surface area contributed by atoms with E-state index in [9.17, 15) is 17.4 Å². The summed E-state index contributed by atoms with van der Waals surface area (Å²) in [6.07, 6.45) is -2.12. The van der Waals surface area contributed by atoms with Crippen LogP contribution in [0.2, 0.25) is 0 Å². The van der Waals surface area contributed by atoms with E-state index >= 15 is 0 Å². The number of aryl methyl sites for hydroxylation is 1. The Morgan fingerprint density at radius 1 is 1.38 bits per heavy atom. The quantitative estimate of drug-likeness (QED) is 0.781. The van der Waals surface area contributed by atoms with Crippen LogP contribution in [-0.4, -0.2) is 25.8 Å². The summed E-state index contributed by atoms with van der Waals surface area (Å²) in [5.41, 5.74) is 0.161. The molecule has 0 spiro atoms. The molecule has 0 aliphatic heterocycles. The molecule has 0 aliphatic carbocycles. The van der Waals surface area contributed by atoms with Crippen molar-refractivity contribution in [2.75, 3.05) is 12.0 Å². The Morgan fingerprint density at radius 3 is 2.67 bits per heavy atom. The lowest BCUT2D eigenvalue weighted by atomic mass is 10.2. The van der Waals surface area contributed by atoms with Crippen molar-refractivity contribution < 1.29 is 17.4 Å². The Kier molecular flexibility index (Phi) is 4.93. The minimum Gasteiger partial charge on any atom is -0.327 e. The van der Waals surface area contributed by atoms with Gasteiger partial charge >= 0.3 is 6.18 Å². The Bertz CT molecular complexity index is 669. The van der Waals surface area contributed by atoms with Crippen LogP contribution in [0.15, 0.2) is 18.2 Å². The van der Waals surface area contributed by atoms with Crippen molar-refractivity contribution in [3.8, 4) is 0 Å². The standard InChI is InChI=1S/C13H14ClF3N2OS/c1-21(20)6-2-5-19-11-4-3-9(13(15,16)17)7-10(11)18-12(19)8-14/h3-4,7H,2,5-6,8H2,1H3. The molecule has 8 heteroatoms. The summed E-state index contributed by atoms with van der Waals surface area (Å²) in [5.74, 6) is 1.17. The molecule has 3 nitrogen and oxygen atoms in total. The molecule has 0 radical (unpaired) electrons. The van der Waals surface area contributed by atoms with Gasteiger partial charge in [0.1, 0.15) is 5.82 Å². The fourth-order valence-electron chi connectivity index (χ4n) is 2.13. The summed E-state index contributed by atoms with van der Waals surface area (Å²) < 4.78 is 51.0. The molecular weight excluding hydrogens is 325 g/mol. The van der Waals surface area contributed by atoms with Gasteiger partial charge in [0.2, 0.25) is 0 Å². The molecule has 1 atom stereocenters. The van der Waals surface area contributed by atoms with Crippen molar-refractivity contribution >= 4 is 33.4 Å². The molecule has 0 fully saturated rings. The third-order valence-corrected chi connectivity index (χ3v) is 4.19. The Morgan fingerprint density at radius 2 is 2.10 bits per heavy atom. The van der Waals surface area contributed by atoms with Gasteiger partial charge in [-0.3, -0.25) is 4.21 Å². The highest BCUT2D eigenvalue weighted by molar-refractivity contribution is 7.84. The van der Waals surface area contributed by atoms with E-state index in [0.717, 1.165) is 12.1 Å². The first-order valence-electron chi connectivity index (χ1n) is 6.25. The molecule has 2 aromatic rings. The molecule has 1 heterocycles. The van der Waals surface area contributed by atoms with E-state index in [1.165, 1.54) is 6.07 Å². The molecule has 21 heavy (non-hydrogen) atoms. The van der Waals surface area contributed by atoms with Gasteiger partial charge in [-0.25, -0.2) is 4.98 Å². The zero-order valence-electron chi connectivity index (χ0n) is 11.3. The summed E-state index contributed by atoms with van der Waals surface area (Å²) >= 11 is 5.81. The Labute approximate surface area is 127 Å². The van der Waals surface area contributed by atoms with Gasteiger partial charge in [0.15, 0.2) is 0 Å². The van der Waals surface area contributed by atoms with E-state index in [0.29, 0.717) is 30.1 Å². The summed E-state index contributed by atoms with van der Waals surface area (Å²) in [5, 5.41) is 0. The van der Waals surface area contributed by atoms with Gasteiger partial charge in [-0.1, -0.05) is 0 Å². The second kappa shape index (κ2) is 6.36. The van der Waals surface area contributed by atoms with Crippen molar-refractivity contribution in [2.45, 2.75) is 25.0 Å². The SMILES string of the molecule is CS(=O)CCCn1c(CCl)nc2cc(C(F)(F)F)ccc21. The lowest BCUT2D eigenvalue weighted by Gasteiger charge is -2.08. The highest BCUT2D eigenvalue weighted by atomic mass is 35.5. The summed E-state index contributed by atoms with van der Waals surface area (Å²) in [4.78, 5) is 4.16. The van der Waals surface area contributed by atoms with E-state index in [-0.39, 0.29) is 11.4 Å². The van der Waals surface area contributed by atoms with Crippen LogP contribution in [-0.2, 0) is 29.4 Å². The van der Waals surface area contributed by atoms with Crippen molar-refractivity contribution in [1.82, 2.24) is 9.55 Å². The van der Waals surface area contributed by atoms with E-state index in [1.54, 1.807) is 10.8 Å². The summed E-state index contributed by atoms with van der Waals surface area (Å²) in [6, 6.07) is 3.47. The third-order valence-electron chi connectivity index (χ3n) is 3.09. The lowest BCUT2D eigenvalue weighted by molar-refractivity contribution is -0.137. The van der Waals surface area contributed by atoms with E-state index in [1.807, 2.05) is 0 Å². The number of aromatic nitrogens is 2. The topological polar surface area (TPSA) is 34.9 Å². The monoisotopic (exact) mass is 338 g/mol. The molecule has 1 aromatic heterocycles.